The molecule has 0 aliphatic rings. The maximum Gasteiger partial charge on any atom is -0.0150 e. The fraction of sp³-hybridized carbons (Fsp3) is 0.318. The van der Waals surface area contributed by atoms with Gasteiger partial charge >= 0.3 is 0 Å². The van der Waals surface area contributed by atoms with Crippen LogP contribution < -0.4 is 0 Å². The summed E-state index contributed by atoms with van der Waals surface area (Å²) in [5.41, 5.74) is 7.36. The smallest absolute Gasteiger partial charge is 0.0150 e. The molecule has 0 saturated carbocycles. The minimum absolute atomic E-state index is 0.474. The molecule has 5 rings (SSSR count). The van der Waals surface area contributed by atoms with E-state index in [0.29, 0.717) is 29.6 Å². The molecule has 0 radical (unpaired) electrons. The quantitative estimate of drug-likeness (QED) is 0.109. The van der Waals surface area contributed by atoms with Crippen molar-refractivity contribution in [2.45, 2.75) is 82.5 Å². The number of rotatable bonds is 16. The molecule has 5 unspecified atom stereocenters. The summed E-state index contributed by atoms with van der Waals surface area (Å²) in [5.74, 6) is 2.73. The Morgan fingerprint density at radius 1 is 0.386 bits per heavy atom. The number of benzene rings is 5. The average Bonchev–Trinajstić information content (AvgIpc) is 3.10. The second kappa shape index (κ2) is 16.8. The van der Waals surface area contributed by atoms with Crippen molar-refractivity contribution in [3.05, 3.63) is 179 Å². The molecule has 0 saturated heterocycles. The molecule has 5 aromatic carbocycles. The molecular formula is C44H50. The van der Waals surface area contributed by atoms with Gasteiger partial charge in [-0.2, -0.15) is 0 Å². The SMILES string of the molecule is CCC(C)CC(CC(CC(CC(CCc1ccccc1)c1ccccc1)c1ccccc1)c1ccccc1)c1ccccc1. The van der Waals surface area contributed by atoms with Crippen molar-refractivity contribution in [2.75, 3.05) is 0 Å². The van der Waals surface area contributed by atoms with Gasteiger partial charge in [-0.15, -0.1) is 0 Å². The summed E-state index contributed by atoms with van der Waals surface area (Å²) in [6.45, 7) is 4.77. The number of aryl methyl sites for hydroxylation is 1. The second-order valence-electron chi connectivity index (χ2n) is 12.9. The monoisotopic (exact) mass is 578 g/mol. The molecule has 0 spiro atoms. The molecule has 0 fully saturated rings. The van der Waals surface area contributed by atoms with Crippen LogP contribution in [0.5, 0.6) is 0 Å². The number of hydrogen-bond donors (Lipinski definition) is 0. The lowest BCUT2D eigenvalue weighted by Crippen LogP contribution is -2.15. The number of hydrogen-bond acceptors (Lipinski definition) is 0. The van der Waals surface area contributed by atoms with E-state index in [4.69, 9.17) is 0 Å². The van der Waals surface area contributed by atoms with Gasteiger partial charge in [0.25, 0.3) is 0 Å². The molecule has 0 heterocycles. The van der Waals surface area contributed by atoms with Gasteiger partial charge in [-0.05, 0) is 95.9 Å². The highest BCUT2D eigenvalue weighted by Gasteiger charge is 2.27. The van der Waals surface area contributed by atoms with Gasteiger partial charge in [-0.25, -0.2) is 0 Å². The molecule has 0 aliphatic carbocycles. The first-order chi connectivity index (χ1) is 21.7. The summed E-state index contributed by atoms with van der Waals surface area (Å²) in [7, 11) is 0. The van der Waals surface area contributed by atoms with Crippen LogP contribution >= 0.6 is 0 Å². The Hall–Kier alpha value is -3.90. The predicted octanol–water partition coefficient (Wildman–Crippen LogP) is 12.4. The van der Waals surface area contributed by atoms with E-state index in [2.05, 4.69) is 166 Å². The van der Waals surface area contributed by atoms with Crippen LogP contribution in [0, 0.1) is 5.92 Å². The van der Waals surface area contributed by atoms with E-state index in [0.717, 1.165) is 25.7 Å². The Morgan fingerprint density at radius 3 is 1.09 bits per heavy atom. The minimum Gasteiger partial charge on any atom is -0.0651 e. The van der Waals surface area contributed by atoms with Crippen molar-refractivity contribution in [1.29, 1.82) is 0 Å². The van der Waals surface area contributed by atoms with Crippen molar-refractivity contribution in [2.24, 2.45) is 5.92 Å². The maximum absolute atomic E-state index is 2.43. The summed E-state index contributed by atoms with van der Waals surface area (Å²) in [4.78, 5) is 0. The van der Waals surface area contributed by atoms with E-state index in [1.54, 1.807) is 0 Å². The van der Waals surface area contributed by atoms with Gasteiger partial charge < -0.3 is 0 Å². The summed E-state index contributed by atoms with van der Waals surface area (Å²) in [6.07, 6.45) is 8.23. The Balaban J connectivity index is 1.47. The predicted molar refractivity (Wildman–Crippen MR) is 189 cm³/mol. The molecule has 5 aromatic rings. The highest BCUT2D eigenvalue weighted by molar-refractivity contribution is 5.28. The van der Waals surface area contributed by atoms with E-state index >= 15 is 0 Å². The molecule has 0 aliphatic heterocycles. The average molecular weight is 579 g/mol. The Labute approximate surface area is 267 Å². The third-order valence-corrected chi connectivity index (χ3v) is 9.80. The fourth-order valence-electron chi connectivity index (χ4n) is 7.09. The van der Waals surface area contributed by atoms with Gasteiger partial charge in [0.2, 0.25) is 0 Å². The molecular weight excluding hydrogens is 528 g/mol. The molecule has 226 valence electrons. The molecule has 0 amide bonds. The lowest BCUT2D eigenvalue weighted by molar-refractivity contribution is 0.380. The van der Waals surface area contributed by atoms with Gasteiger partial charge in [0.1, 0.15) is 0 Å². The van der Waals surface area contributed by atoms with Crippen LogP contribution in [0.1, 0.15) is 104 Å². The topological polar surface area (TPSA) is 0 Å². The van der Waals surface area contributed by atoms with Crippen LogP contribution in [-0.2, 0) is 6.42 Å². The standard InChI is InChI=1S/C44H50/c1-3-35(2)31-42(38-23-13-6-14-24-38)33-44(40-27-17-8-18-28-40)34-43(39-25-15-7-16-26-39)32-41(37-21-11-5-12-22-37)30-29-36-19-9-4-10-20-36/h4-28,35,41-44H,3,29-34H2,1-2H3. The molecule has 5 atom stereocenters. The Kier molecular flexibility index (Phi) is 12.0. The lowest BCUT2D eigenvalue weighted by atomic mass is 9.73. The molecule has 0 heteroatoms. The zero-order valence-corrected chi connectivity index (χ0v) is 26.8. The minimum atomic E-state index is 0.474. The first kappa shape index (κ1) is 31.5. The highest BCUT2D eigenvalue weighted by Crippen LogP contribution is 2.43. The summed E-state index contributed by atoms with van der Waals surface area (Å²) < 4.78 is 0. The molecule has 0 nitrogen and oxygen atoms in total. The van der Waals surface area contributed by atoms with Gasteiger partial charge in [0.05, 0.1) is 0 Å². The zero-order chi connectivity index (χ0) is 30.4. The first-order valence-corrected chi connectivity index (χ1v) is 16.9. The largest absolute Gasteiger partial charge is 0.0651 e. The third kappa shape index (κ3) is 9.30. The summed E-state index contributed by atoms with van der Waals surface area (Å²) in [6, 6.07) is 56.4. The lowest BCUT2D eigenvalue weighted by Gasteiger charge is -2.31. The Morgan fingerprint density at radius 2 is 0.705 bits per heavy atom. The van der Waals surface area contributed by atoms with E-state index in [1.807, 2.05) is 0 Å². The van der Waals surface area contributed by atoms with Crippen molar-refractivity contribution in [1.82, 2.24) is 0 Å². The second-order valence-corrected chi connectivity index (χ2v) is 12.9. The van der Waals surface area contributed by atoms with E-state index < -0.39 is 0 Å². The van der Waals surface area contributed by atoms with Gasteiger partial charge in [-0.3, -0.25) is 0 Å². The van der Waals surface area contributed by atoms with Gasteiger partial charge in [-0.1, -0.05) is 172 Å². The van der Waals surface area contributed by atoms with E-state index in [9.17, 15) is 0 Å². The van der Waals surface area contributed by atoms with E-state index in [-0.39, 0.29) is 0 Å². The van der Waals surface area contributed by atoms with E-state index in [1.165, 1.54) is 47.1 Å². The van der Waals surface area contributed by atoms with Crippen molar-refractivity contribution < 1.29 is 0 Å². The molecule has 0 aromatic heterocycles. The van der Waals surface area contributed by atoms with Crippen LogP contribution in [-0.4, -0.2) is 0 Å². The summed E-state index contributed by atoms with van der Waals surface area (Å²) >= 11 is 0. The summed E-state index contributed by atoms with van der Waals surface area (Å²) in [5, 5.41) is 0. The third-order valence-electron chi connectivity index (χ3n) is 9.80. The van der Waals surface area contributed by atoms with Crippen molar-refractivity contribution in [3.8, 4) is 0 Å². The first-order valence-electron chi connectivity index (χ1n) is 16.9. The van der Waals surface area contributed by atoms with Gasteiger partial charge in [0.15, 0.2) is 0 Å². The maximum atomic E-state index is 2.43. The zero-order valence-electron chi connectivity index (χ0n) is 26.8. The van der Waals surface area contributed by atoms with Crippen LogP contribution in [0.15, 0.2) is 152 Å². The van der Waals surface area contributed by atoms with Crippen LogP contribution in [0.3, 0.4) is 0 Å². The van der Waals surface area contributed by atoms with Crippen molar-refractivity contribution in [3.63, 3.8) is 0 Å². The fourth-order valence-corrected chi connectivity index (χ4v) is 7.09. The molecule has 0 N–H and O–H groups in total. The van der Waals surface area contributed by atoms with Crippen LogP contribution in [0.25, 0.3) is 0 Å². The molecule has 0 bridgehead atoms. The van der Waals surface area contributed by atoms with Crippen LogP contribution in [0.2, 0.25) is 0 Å². The van der Waals surface area contributed by atoms with Gasteiger partial charge in [0, 0.05) is 0 Å². The molecule has 44 heavy (non-hydrogen) atoms. The van der Waals surface area contributed by atoms with Crippen molar-refractivity contribution >= 4 is 0 Å². The van der Waals surface area contributed by atoms with Crippen LogP contribution in [0.4, 0.5) is 0 Å². The Bertz CT molecular complexity index is 1440. The normalized spacial score (nSPS) is 14.8. The highest BCUT2D eigenvalue weighted by atomic mass is 14.3.